The van der Waals surface area contributed by atoms with Crippen LogP contribution in [0.3, 0.4) is 0 Å². The zero-order chi connectivity index (χ0) is 18.1. The second-order valence-electron chi connectivity index (χ2n) is 7.69. The molecule has 140 valence electrons. The lowest BCUT2D eigenvalue weighted by Gasteiger charge is -2.22. The molecule has 0 aliphatic heterocycles. The number of esters is 1. The van der Waals surface area contributed by atoms with E-state index in [4.69, 9.17) is 20.4 Å². The van der Waals surface area contributed by atoms with Gasteiger partial charge in [0.05, 0.1) is 18.5 Å². The number of rotatable bonds is 4. The molecule has 2 aliphatic rings. The number of hydrogen-bond donors (Lipinski definition) is 1. The molecule has 0 unspecified atom stereocenters. The van der Waals surface area contributed by atoms with Crippen LogP contribution < -0.4 is 5.73 Å². The number of nitrogens with two attached hydrogens (primary N) is 1. The molecule has 2 aromatic rings. The highest BCUT2D eigenvalue weighted by molar-refractivity contribution is 6.07. The van der Waals surface area contributed by atoms with Gasteiger partial charge >= 0.3 is 5.97 Å². The number of carbonyl (C=O) groups is 1. The zero-order valence-corrected chi connectivity index (χ0v) is 15.6. The number of anilines is 1. The van der Waals surface area contributed by atoms with Crippen molar-refractivity contribution in [3.8, 4) is 0 Å². The number of carbonyl (C=O) groups excluding carboxylic acids is 1. The van der Waals surface area contributed by atoms with Crippen LogP contribution in [0.1, 0.15) is 73.1 Å². The molecule has 6 heteroatoms. The molecule has 0 spiro atoms. The fourth-order valence-electron chi connectivity index (χ4n) is 4.52. The van der Waals surface area contributed by atoms with Gasteiger partial charge in [-0.2, -0.15) is 0 Å². The van der Waals surface area contributed by atoms with E-state index in [9.17, 15) is 4.79 Å². The van der Waals surface area contributed by atoms with Crippen LogP contribution in [0.5, 0.6) is 0 Å². The quantitative estimate of drug-likeness (QED) is 0.846. The van der Waals surface area contributed by atoms with Crippen molar-refractivity contribution >= 4 is 23.0 Å². The number of aryl methyl sites for hydroxylation is 3. The Labute approximate surface area is 154 Å². The molecule has 1 fully saturated rings. The molecule has 2 N–H and O–H groups in total. The van der Waals surface area contributed by atoms with E-state index in [0.717, 1.165) is 61.6 Å². The van der Waals surface area contributed by atoms with Crippen LogP contribution in [0, 0.1) is 5.92 Å². The smallest absolute Gasteiger partial charge is 0.343 e. The van der Waals surface area contributed by atoms with E-state index >= 15 is 0 Å². The Morgan fingerprint density at radius 3 is 2.50 bits per heavy atom. The van der Waals surface area contributed by atoms with E-state index in [1.54, 1.807) is 0 Å². The molecule has 1 saturated carbocycles. The van der Waals surface area contributed by atoms with E-state index in [1.807, 2.05) is 4.57 Å². The van der Waals surface area contributed by atoms with Crippen LogP contribution in [0.2, 0.25) is 0 Å². The van der Waals surface area contributed by atoms with Crippen LogP contribution in [0.4, 0.5) is 5.82 Å². The Morgan fingerprint density at radius 2 is 1.81 bits per heavy atom. The second-order valence-corrected chi connectivity index (χ2v) is 7.69. The third kappa shape index (κ3) is 3.06. The molecule has 2 aliphatic carbocycles. The van der Waals surface area contributed by atoms with Crippen molar-refractivity contribution in [2.45, 2.75) is 70.8 Å². The van der Waals surface area contributed by atoms with Crippen molar-refractivity contribution in [3.05, 3.63) is 17.0 Å². The minimum absolute atomic E-state index is 0.381. The number of ether oxygens (including phenoxy) is 1. The molecular weight excluding hydrogens is 328 g/mol. The summed E-state index contributed by atoms with van der Waals surface area (Å²) in [6, 6.07) is 0. The molecule has 0 atom stereocenters. The van der Waals surface area contributed by atoms with Crippen molar-refractivity contribution in [1.29, 1.82) is 0 Å². The van der Waals surface area contributed by atoms with Crippen LogP contribution in [0.15, 0.2) is 0 Å². The average molecular weight is 356 g/mol. The molecule has 6 nitrogen and oxygen atoms in total. The first-order valence-electron chi connectivity index (χ1n) is 9.94. The zero-order valence-electron chi connectivity index (χ0n) is 15.6. The topological polar surface area (TPSA) is 83.0 Å². The van der Waals surface area contributed by atoms with Crippen molar-refractivity contribution in [1.82, 2.24) is 14.5 Å². The lowest BCUT2D eigenvalue weighted by molar-refractivity contribution is 0.0604. The summed E-state index contributed by atoms with van der Waals surface area (Å²) in [7, 11) is 1.39. The standard InChI is InChI=1S/C20H28N4O2/c1-26-20(25)16-17-19(23-15-10-6-5-9-14(15)22-17)24(18(16)21)12-11-13-7-3-2-4-8-13/h13H,2-12,21H2,1H3. The molecule has 4 rings (SSSR count). The second kappa shape index (κ2) is 7.25. The predicted octanol–water partition coefficient (Wildman–Crippen LogP) is 3.65. The first-order chi connectivity index (χ1) is 12.7. The van der Waals surface area contributed by atoms with Crippen molar-refractivity contribution in [2.75, 3.05) is 12.8 Å². The number of fused-ring (bicyclic) bond motifs is 2. The van der Waals surface area contributed by atoms with Gasteiger partial charge in [0, 0.05) is 6.54 Å². The van der Waals surface area contributed by atoms with Crippen molar-refractivity contribution < 1.29 is 9.53 Å². The minimum atomic E-state index is -0.422. The van der Waals surface area contributed by atoms with E-state index in [0.29, 0.717) is 16.9 Å². The van der Waals surface area contributed by atoms with Crippen molar-refractivity contribution in [2.24, 2.45) is 5.92 Å². The summed E-state index contributed by atoms with van der Waals surface area (Å²) in [5.41, 5.74) is 10.2. The molecular formula is C20H28N4O2. The SMILES string of the molecule is COC(=O)c1c(N)n(CCC2CCCCC2)c2nc3c(nc12)CCCC3. The maximum Gasteiger partial charge on any atom is 0.343 e. The molecule has 0 aromatic carbocycles. The summed E-state index contributed by atoms with van der Waals surface area (Å²) in [4.78, 5) is 22.0. The Balaban J connectivity index is 1.74. The number of methoxy groups -OCH3 is 1. The van der Waals surface area contributed by atoms with Gasteiger partial charge < -0.3 is 15.0 Å². The number of aromatic nitrogens is 3. The minimum Gasteiger partial charge on any atom is -0.465 e. The lowest BCUT2D eigenvalue weighted by atomic mass is 9.87. The Bertz CT molecular complexity index is 821. The number of hydrogen-bond acceptors (Lipinski definition) is 5. The molecule has 26 heavy (non-hydrogen) atoms. The maximum absolute atomic E-state index is 12.4. The first kappa shape index (κ1) is 17.3. The van der Waals surface area contributed by atoms with Gasteiger partial charge in [0.1, 0.15) is 16.9 Å². The normalized spacial score (nSPS) is 18.0. The lowest BCUT2D eigenvalue weighted by Crippen LogP contribution is -2.13. The molecule has 0 bridgehead atoms. The summed E-state index contributed by atoms with van der Waals surface area (Å²) < 4.78 is 6.98. The molecule has 0 saturated heterocycles. The van der Waals surface area contributed by atoms with Crippen LogP contribution in [-0.4, -0.2) is 27.6 Å². The van der Waals surface area contributed by atoms with Gasteiger partial charge in [-0.25, -0.2) is 14.8 Å². The van der Waals surface area contributed by atoms with Gasteiger partial charge in [-0.1, -0.05) is 32.1 Å². The van der Waals surface area contributed by atoms with Gasteiger partial charge in [0.15, 0.2) is 5.65 Å². The van der Waals surface area contributed by atoms with Gasteiger partial charge in [-0.3, -0.25) is 0 Å². The summed E-state index contributed by atoms with van der Waals surface area (Å²) in [6.07, 6.45) is 11.8. The summed E-state index contributed by atoms with van der Waals surface area (Å²) >= 11 is 0. The van der Waals surface area contributed by atoms with Crippen LogP contribution >= 0.6 is 0 Å². The van der Waals surface area contributed by atoms with Gasteiger partial charge in [-0.15, -0.1) is 0 Å². The molecule has 2 aromatic heterocycles. The van der Waals surface area contributed by atoms with E-state index in [1.165, 1.54) is 39.2 Å². The largest absolute Gasteiger partial charge is 0.465 e. The summed E-state index contributed by atoms with van der Waals surface area (Å²) in [5, 5.41) is 0. The van der Waals surface area contributed by atoms with Gasteiger partial charge in [0.2, 0.25) is 0 Å². The van der Waals surface area contributed by atoms with Crippen LogP contribution in [-0.2, 0) is 24.1 Å². The first-order valence-corrected chi connectivity index (χ1v) is 9.94. The number of nitrogen functional groups attached to an aromatic ring is 1. The fourth-order valence-corrected chi connectivity index (χ4v) is 4.52. The Morgan fingerprint density at radius 1 is 1.12 bits per heavy atom. The van der Waals surface area contributed by atoms with E-state index in [2.05, 4.69) is 0 Å². The van der Waals surface area contributed by atoms with E-state index < -0.39 is 5.97 Å². The highest BCUT2D eigenvalue weighted by atomic mass is 16.5. The summed E-state index contributed by atoms with van der Waals surface area (Å²) in [5.74, 6) is 0.770. The van der Waals surface area contributed by atoms with E-state index in [-0.39, 0.29) is 0 Å². The third-order valence-corrected chi connectivity index (χ3v) is 6.02. The number of nitrogens with zero attached hydrogens (tertiary/aromatic N) is 3. The maximum atomic E-state index is 12.4. The highest BCUT2D eigenvalue weighted by Crippen LogP contribution is 2.32. The molecule has 0 radical (unpaired) electrons. The average Bonchev–Trinajstić information content (AvgIpc) is 2.95. The predicted molar refractivity (Wildman–Crippen MR) is 101 cm³/mol. The highest BCUT2D eigenvalue weighted by Gasteiger charge is 2.26. The molecule has 2 heterocycles. The van der Waals surface area contributed by atoms with Gasteiger partial charge in [0.25, 0.3) is 0 Å². The Hall–Kier alpha value is -2.11. The fraction of sp³-hybridized carbons (Fsp3) is 0.650. The van der Waals surface area contributed by atoms with Gasteiger partial charge in [-0.05, 0) is 38.0 Å². The summed E-state index contributed by atoms with van der Waals surface area (Å²) in [6.45, 7) is 0.789. The Kier molecular flexibility index (Phi) is 4.83. The monoisotopic (exact) mass is 356 g/mol. The van der Waals surface area contributed by atoms with Crippen LogP contribution in [0.25, 0.3) is 11.2 Å². The molecule has 0 amide bonds. The third-order valence-electron chi connectivity index (χ3n) is 6.02. The van der Waals surface area contributed by atoms with Crippen molar-refractivity contribution in [3.63, 3.8) is 0 Å².